The summed E-state index contributed by atoms with van der Waals surface area (Å²) in [5, 5.41) is 10.2. The number of ether oxygens (including phenoxy) is 1. The molecule has 1 rings (SSSR count). The molecule has 0 aliphatic rings. The van der Waals surface area contributed by atoms with Crippen molar-refractivity contribution in [2.24, 2.45) is 0 Å². The number of aliphatic carboxylic acids is 1. The highest BCUT2D eigenvalue weighted by atomic mass is 19.4. The van der Waals surface area contributed by atoms with E-state index in [1.165, 1.54) is 12.1 Å². The first-order valence-corrected chi connectivity index (χ1v) is 6.86. The van der Waals surface area contributed by atoms with Crippen molar-refractivity contribution in [3.63, 3.8) is 0 Å². The van der Waals surface area contributed by atoms with Crippen molar-refractivity contribution in [3.05, 3.63) is 29.8 Å². The molecule has 1 unspecified atom stereocenters. The Hall–Kier alpha value is -2.59. The summed E-state index contributed by atoms with van der Waals surface area (Å²) >= 11 is 0. The molecule has 11 heteroatoms. The van der Waals surface area contributed by atoms with Gasteiger partial charge in [0.2, 0.25) is 0 Å². The van der Waals surface area contributed by atoms with Crippen molar-refractivity contribution < 1.29 is 41.4 Å². The van der Waals surface area contributed by atoms with Gasteiger partial charge >= 0.3 is 24.8 Å². The van der Waals surface area contributed by atoms with E-state index in [1.807, 2.05) is 0 Å². The summed E-state index contributed by atoms with van der Waals surface area (Å²) in [4.78, 5) is 23.0. The monoisotopic (exact) mass is 370 g/mol. The minimum Gasteiger partial charge on any atom is -0.481 e. The number of nitrogens with zero attached hydrogens (tertiary/aromatic N) is 1. The van der Waals surface area contributed by atoms with E-state index in [4.69, 9.17) is 5.11 Å². The third-order valence-electron chi connectivity index (χ3n) is 3.05. The molecule has 0 bridgehead atoms. The Labute approximate surface area is 139 Å². The molecular formula is C14H15F5N2O4. The first kappa shape index (κ1) is 20.5. The lowest BCUT2D eigenvalue weighted by atomic mass is 10.1. The Balaban J connectivity index is 3.04. The van der Waals surface area contributed by atoms with Gasteiger partial charge in [0.1, 0.15) is 5.75 Å². The molecule has 1 atom stereocenters. The summed E-state index contributed by atoms with van der Waals surface area (Å²) in [6.45, 7) is -3.68. The Kier molecular flexibility index (Phi) is 6.95. The van der Waals surface area contributed by atoms with Gasteiger partial charge in [-0.15, -0.1) is 0 Å². The normalized spacial score (nSPS) is 12.6. The molecule has 6 nitrogen and oxygen atoms in total. The highest BCUT2D eigenvalue weighted by Gasteiger charge is 2.44. The van der Waals surface area contributed by atoms with E-state index in [1.54, 1.807) is 5.32 Å². The predicted octanol–water partition coefficient (Wildman–Crippen LogP) is 3.01. The van der Waals surface area contributed by atoms with Crippen LogP contribution in [0.4, 0.5) is 26.7 Å². The maximum Gasteiger partial charge on any atom is 0.413 e. The van der Waals surface area contributed by atoms with Crippen LogP contribution in [0.2, 0.25) is 0 Å². The van der Waals surface area contributed by atoms with Crippen molar-refractivity contribution in [1.29, 1.82) is 0 Å². The van der Waals surface area contributed by atoms with Crippen LogP contribution in [0, 0.1) is 0 Å². The molecule has 0 saturated heterocycles. The molecule has 0 spiro atoms. The fourth-order valence-corrected chi connectivity index (χ4v) is 1.86. The number of halogens is 5. The summed E-state index contributed by atoms with van der Waals surface area (Å²) in [5.74, 6) is -1.96. The van der Waals surface area contributed by atoms with Crippen LogP contribution in [0.1, 0.15) is 18.0 Å². The number of carbonyl (C=O) groups excluding carboxylic acids is 1. The van der Waals surface area contributed by atoms with Crippen molar-refractivity contribution in [2.75, 3.05) is 13.6 Å². The van der Waals surface area contributed by atoms with E-state index < -0.39 is 48.6 Å². The van der Waals surface area contributed by atoms with Gasteiger partial charge in [-0.2, -0.15) is 22.0 Å². The van der Waals surface area contributed by atoms with Crippen LogP contribution < -0.4 is 10.1 Å². The molecule has 2 amide bonds. The van der Waals surface area contributed by atoms with E-state index in [-0.39, 0.29) is 6.54 Å². The topological polar surface area (TPSA) is 78.9 Å². The number of carbonyl (C=O) groups is 2. The summed E-state index contributed by atoms with van der Waals surface area (Å²) in [5.41, 5.74) is -0.699. The van der Waals surface area contributed by atoms with E-state index >= 15 is 0 Å². The first-order chi connectivity index (χ1) is 11.5. The van der Waals surface area contributed by atoms with Crippen LogP contribution in [0.25, 0.3) is 0 Å². The molecule has 0 saturated carbocycles. The molecule has 1 aromatic carbocycles. The van der Waals surface area contributed by atoms with Crippen molar-refractivity contribution in [1.82, 2.24) is 10.2 Å². The van der Waals surface area contributed by atoms with Gasteiger partial charge in [-0.25, -0.2) is 4.79 Å². The van der Waals surface area contributed by atoms with Crippen molar-refractivity contribution in [3.8, 4) is 5.75 Å². The third-order valence-corrected chi connectivity index (χ3v) is 3.05. The molecular weight excluding hydrogens is 355 g/mol. The minimum atomic E-state index is -5.00. The fraction of sp³-hybridized carbons (Fsp3) is 0.429. The number of carboxylic acids is 1. The van der Waals surface area contributed by atoms with Gasteiger partial charge in [0.15, 0.2) is 6.04 Å². The zero-order chi connectivity index (χ0) is 19.2. The van der Waals surface area contributed by atoms with Gasteiger partial charge in [0.05, 0.1) is 6.42 Å². The summed E-state index contributed by atoms with van der Waals surface area (Å²) < 4.78 is 68.7. The second-order valence-electron chi connectivity index (χ2n) is 4.91. The van der Waals surface area contributed by atoms with Gasteiger partial charge in [-0.1, -0.05) is 18.2 Å². The second kappa shape index (κ2) is 8.49. The van der Waals surface area contributed by atoms with Crippen molar-refractivity contribution in [2.45, 2.75) is 25.3 Å². The smallest absolute Gasteiger partial charge is 0.413 e. The summed E-state index contributed by atoms with van der Waals surface area (Å²) in [6.07, 6.45) is -5.46. The van der Waals surface area contributed by atoms with Crippen LogP contribution in [0.5, 0.6) is 5.75 Å². The van der Waals surface area contributed by atoms with Crippen LogP contribution in [-0.2, 0) is 4.79 Å². The molecule has 0 radical (unpaired) electrons. The number of alkyl halides is 5. The Morgan fingerprint density at radius 1 is 1.28 bits per heavy atom. The average molecular weight is 370 g/mol. The largest absolute Gasteiger partial charge is 0.481 e. The number of hydrogen-bond acceptors (Lipinski definition) is 3. The lowest BCUT2D eigenvalue weighted by Gasteiger charge is -2.26. The Morgan fingerprint density at radius 2 is 1.88 bits per heavy atom. The number of nitrogens with one attached hydrogen (secondary N) is 1. The van der Waals surface area contributed by atoms with Crippen LogP contribution in [0.15, 0.2) is 24.3 Å². The number of urea groups is 1. The average Bonchev–Trinajstić information content (AvgIpc) is 2.49. The number of hydrogen-bond donors (Lipinski definition) is 2. The van der Waals surface area contributed by atoms with Gasteiger partial charge in [0.25, 0.3) is 0 Å². The van der Waals surface area contributed by atoms with Gasteiger partial charge in [0, 0.05) is 19.2 Å². The van der Waals surface area contributed by atoms with Gasteiger partial charge < -0.3 is 20.1 Å². The Bertz CT molecular complexity index is 609. The molecule has 2 N–H and O–H groups in total. The van der Waals surface area contributed by atoms with Gasteiger partial charge in [-0.3, -0.25) is 4.79 Å². The number of amides is 2. The molecule has 0 fully saturated rings. The van der Waals surface area contributed by atoms with E-state index in [0.717, 1.165) is 24.1 Å². The lowest BCUT2D eigenvalue weighted by molar-refractivity contribution is -0.156. The van der Waals surface area contributed by atoms with Crippen molar-refractivity contribution >= 4 is 12.0 Å². The zero-order valence-corrected chi connectivity index (χ0v) is 12.9. The fourth-order valence-electron chi connectivity index (χ4n) is 1.86. The molecule has 0 aliphatic carbocycles. The molecule has 1 aromatic rings. The number of rotatable bonds is 7. The number of carboxylic acid groups (broad SMARTS) is 1. The standard InChI is InChI=1S/C14H15F5N2O4/c1-21(7-6-10(22)23)13(24)20-11(14(17,18)19)8-4-2-3-5-9(8)25-12(15)16/h2-5,11-12H,6-7H2,1H3,(H,20,24)(H,22,23). The van der Waals surface area contributed by atoms with Crippen LogP contribution >= 0.6 is 0 Å². The minimum absolute atomic E-state index is 0.332. The molecule has 0 aliphatic heterocycles. The lowest BCUT2D eigenvalue weighted by Crippen LogP contribution is -2.45. The van der Waals surface area contributed by atoms with Gasteiger partial charge in [-0.05, 0) is 6.07 Å². The molecule has 140 valence electrons. The second-order valence-corrected chi connectivity index (χ2v) is 4.91. The molecule has 0 aromatic heterocycles. The maximum absolute atomic E-state index is 13.3. The molecule has 0 heterocycles. The predicted molar refractivity (Wildman–Crippen MR) is 75.3 cm³/mol. The quantitative estimate of drug-likeness (QED) is 0.724. The summed E-state index contributed by atoms with van der Waals surface area (Å²) in [6, 6.07) is 0.369. The third kappa shape index (κ3) is 6.43. The number of benzene rings is 1. The Morgan fingerprint density at radius 3 is 2.40 bits per heavy atom. The highest BCUT2D eigenvalue weighted by molar-refractivity contribution is 5.75. The van der Waals surface area contributed by atoms with E-state index in [0.29, 0.717) is 0 Å². The van der Waals surface area contributed by atoms with E-state index in [9.17, 15) is 31.5 Å². The molecule has 25 heavy (non-hydrogen) atoms. The maximum atomic E-state index is 13.3. The SMILES string of the molecule is CN(CCC(=O)O)C(=O)NC(c1ccccc1OC(F)F)C(F)(F)F. The first-order valence-electron chi connectivity index (χ1n) is 6.86. The highest BCUT2D eigenvalue weighted by Crippen LogP contribution is 2.37. The van der Waals surface area contributed by atoms with E-state index in [2.05, 4.69) is 4.74 Å². The summed E-state index contributed by atoms with van der Waals surface area (Å²) in [7, 11) is 1.10. The zero-order valence-electron chi connectivity index (χ0n) is 12.9. The number of para-hydroxylation sites is 1. The van der Waals surface area contributed by atoms with Crippen LogP contribution in [-0.4, -0.2) is 48.4 Å². The van der Waals surface area contributed by atoms with Crippen LogP contribution in [0.3, 0.4) is 0 Å².